The Morgan fingerprint density at radius 1 is 1.31 bits per heavy atom. The van der Waals surface area contributed by atoms with E-state index in [9.17, 15) is 4.79 Å². The topological polar surface area (TPSA) is 38.3 Å². The Labute approximate surface area is 95.1 Å². The zero-order chi connectivity index (χ0) is 11.2. The number of carbonyl (C=O) groups is 1. The number of nitrogens with one attached hydrogen (secondary N) is 1. The number of carbonyl (C=O) groups excluding carboxylic acids is 1. The van der Waals surface area contributed by atoms with E-state index in [1.807, 2.05) is 30.3 Å². The summed E-state index contributed by atoms with van der Waals surface area (Å²) >= 11 is 0. The molecule has 1 aliphatic rings. The monoisotopic (exact) mass is 217 g/mol. The van der Waals surface area contributed by atoms with E-state index in [1.54, 1.807) is 12.3 Å². The van der Waals surface area contributed by atoms with Crippen molar-refractivity contribution in [3.05, 3.63) is 48.2 Å². The van der Waals surface area contributed by atoms with Crippen molar-refractivity contribution in [2.24, 2.45) is 0 Å². The van der Waals surface area contributed by atoms with Gasteiger partial charge >= 0.3 is 0 Å². The molecule has 0 bridgehead atoms. The lowest BCUT2D eigenvalue weighted by Crippen LogP contribution is -2.34. The Kier molecular flexibility index (Phi) is 3.72. The van der Waals surface area contributed by atoms with Crippen LogP contribution in [0.15, 0.2) is 42.6 Å². The summed E-state index contributed by atoms with van der Waals surface area (Å²) in [5.41, 5.74) is 1.15. The predicted octanol–water partition coefficient (Wildman–Crippen LogP) is 1.65. The molecule has 0 radical (unpaired) electrons. The Balaban J connectivity index is 1.72. The summed E-state index contributed by atoms with van der Waals surface area (Å²) in [6, 6.07) is 10.1. The van der Waals surface area contributed by atoms with Crippen molar-refractivity contribution in [1.82, 2.24) is 5.32 Å². The first kappa shape index (κ1) is 10.9. The Morgan fingerprint density at radius 2 is 2.12 bits per heavy atom. The van der Waals surface area contributed by atoms with Crippen LogP contribution in [0.1, 0.15) is 12.0 Å². The van der Waals surface area contributed by atoms with Gasteiger partial charge in [-0.05, 0) is 11.6 Å². The first-order chi connectivity index (χ1) is 7.84. The number of allylic oxidation sites excluding steroid dienone is 1. The van der Waals surface area contributed by atoms with E-state index < -0.39 is 0 Å². The molecular weight excluding hydrogens is 202 g/mol. The Hall–Kier alpha value is -1.61. The first-order valence-electron chi connectivity index (χ1n) is 5.42. The minimum atomic E-state index is 0.112. The molecule has 16 heavy (non-hydrogen) atoms. The molecule has 84 valence electrons. The van der Waals surface area contributed by atoms with Crippen molar-refractivity contribution in [3.63, 3.8) is 0 Å². The summed E-state index contributed by atoms with van der Waals surface area (Å²) in [6.07, 6.45) is 3.78. The van der Waals surface area contributed by atoms with E-state index in [4.69, 9.17) is 4.74 Å². The van der Waals surface area contributed by atoms with E-state index in [2.05, 4.69) is 5.32 Å². The van der Waals surface area contributed by atoms with Crippen LogP contribution in [0.5, 0.6) is 0 Å². The van der Waals surface area contributed by atoms with E-state index in [-0.39, 0.29) is 11.8 Å². The largest absolute Gasteiger partial charge is 0.385 e. The zero-order valence-electron chi connectivity index (χ0n) is 9.06. The number of ketones is 1. The van der Waals surface area contributed by atoms with Crippen molar-refractivity contribution in [2.45, 2.75) is 19.1 Å². The fourth-order valence-corrected chi connectivity index (χ4v) is 1.65. The second-order valence-corrected chi connectivity index (χ2v) is 3.87. The third-order valence-electron chi connectivity index (χ3n) is 2.48. The number of hydrogen-bond donors (Lipinski definition) is 1. The molecule has 0 aliphatic carbocycles. The van der Waals surface area contributed by atoms with E-state index in [1.165, 1.54) is 0 Å². The fraction of sp³-hybridized carbons (Fsp3) is 0.308. The van der Waals surface area contributed by atoms with Crippen LogP contribution in [0, 0.1) is 0 Å². The molecule has 2 rings (SSSR count). The minimum Gasteiger partial charge on any atom is -0.385 e. The molecule has 0 saturated heterocycles. The van der Waals surface area contributed by atoms with Crippen LogP contribution < -0.4 is 5.32 Å². The molecule has 3 nitrogen and oxygen atoms in total. The Bertz CT molecular complexity index is 373. The van der Waals surface area contributed by atoms with Crippen LogP contribution in [-0.2, 0) is 16.1 Å². The highest BCUT2D eigenvalue weighted by Gasteiger charge is 2.14. The SMILES string of the molecule is O=C1C=CN[C@H](COCc2ccccc2)C1. The van der Waals surface area contributed by atoms with Crippen molar-refractivity contribution in [3.8, 4) is 0 Å². The molecule has 0 fully saturated rings. The molecule has 0 aromatic heterocycles. The summed E-state index contributed by atoms with van der Waals surface area (Å²) in [6.45, 7) is 1.15. The van der Waals surface area contributed by atoms with Gasteiger partial charge in [-0.15, -0.1) is 0 Å². The standard InChI is InChI=1S/C13H15NO2/c15-13-6-7-14-12(8-13)10-16-9-11-4-2-1-3-5-11/h1-7,12,14H,8-10H2/t12-/m0/s1. The van der Waals surface area contributed by atoms with Crippen LogP contribution in [0.25, 0.3) is 0 Å². The van der Waals surface area contributed by atoms with Gasteiger partial charge in [0, 0.05) is 12.6 Å². The number of ether oxygens (including phenoxy) is 1. The molecule has 1 aromatic carbocycles. The molecule has 0 unspecified atom stereocenters. The second-order valence-electron chi connectivity index (χ2n) is 3.87. The maximum atomic E-state index is 11.1. The maximum Gasteiger partial charge on any atom is 0.159 e. The average molecular weight is 217 g/mol. The van der Waals surface area contributed by atoms with Gasteiger partial charge < -0.3 is 10.1 Å². The van der Waals surface area contributed by atoms with Crippen molar-refractivity contribution in [1.29, 1.82) is 0 Å². The average Bonchev–Trinajstić information content (AvgIpc) is 2.30. The Morgan fingerprint density at radius 3 is 2.88 bits per heavy atom. The summed E-state index contributed by atoms with van der Waals surface area (Å²) in [5.74, 6) is 0.159. The zero-order valence-corrected chi connectivity index (χ0v) is 9.06. The molecule has 1 N–H and O–H groups in total. The van der Waals surface area contributed by atoms with Crippen molar-refractivity contribution < 1.29 is 9.53 Å². The van der Waals surface area contributed by atoms with E-state index in [0.29, 0.717) is 19.6 Å². The lowest BCUT2D eigenvalue weighted by Gasteiger charge is -2.19. The molecular formula is C13H15NO2. The van der Waals surface area contributed by atoms with E-state index >= 15 is 0 Å². The lowest BCUT2D eigenvalue weighted by atomic mass is 10.1. The van der Waals surface area contributed by atoms with Gasteiger partial charge in [0.1, 0.15) is 0 Å². The highest BCUT2D eigenvalue weighted by molar-refractivity contribution is 5.90. The van der Waals surface area contributed by atoms with Crippen LogP contribution in [0.4, 0.5) is 0 Å². The molecule has 0 amide bonds. The number of hydrogen-bond acceptors (Lipinski definition) is 3. The van der Waals surface area contributed by atoms with Crippen LogP contribution in [0.2, 0.25) is 0 Å². The third kappa shape index (κ3) is 3.21. The van der Waals surface area contributed by atoms with Gasteiger partial charge in [0.05, 0.1) is 19.3 Å². The highest BCUT2D eigenvalue weighted by atomic mass is 16.5. The molecule has 1 aromatic rings. The van der Waals surface area contributed by atoms with Crippen molar-refractivity contribution >= 4 is 5.78 Å². The summed E-state index contributed by atoms with van der Waals surface area (Å²) in [4.78, 5) is 11.1. The van der Waals surface area contributed by atoms with Crippen molar-refractivity contribution in [2.75, 3.05) is 6.61 Å². The van der Waals surface area contributed by atoms with Gasteiger partial charge in [-0.25, -0.2) is 0 Å². The van der Waals surface area contributed by atoms with Gasteiger partial charge in [-0.2, -0.15) is 0 Å². The number of benzene rings is 1. The predicted molar refractivity (Wildman–Crippen MR) is 61.8 cm³/mol. The summed E-state index contributed by atoms with van der Waals surface area (Å²) < 4.78 is 5.56. The van der Waals surface area contributed by atoms with E-state index in [0.717, 1.165) is 5.56 Å². The van der Waals surface area contributed by atoms with Gasteiger partial charge in [0.25, 0.3) is 0 Å². The maximum absolute atomic E-state index is 11.1. The quantitative estimate of drug-likeness (QED) is 0.833. The third-order valence-corrected chi connectivity index (χ3v) is 2.48. The molecule has 1 aliphatic heterocycles. The number of rotatable bonds is 4. The molecule has 3 heteroatoms. The first-order valence-corrected chi connectivity index (χ1v) is 5.42. The van der Waals surface area contributed by atoms with Gasteiger partial charge in [0.2, 0.25) is 0 Å². The summed E-state index contributed by atoms with van der Waals surface area (Å²) in [5, 5.41) is 3.11. The molecule has 1 heterocycles. The molecule has 0 saturated carbocycles. The second kappa shape index (κ2) is 5.47. The summed E-state index contributed by atoms with van der Waals surface area (Å²) in [7, 11) is 0. The van der Waals surface area contributed by atoms with Crippen LogP contribution >= 0.6 is 0 Å². The minimum absolute atomic E-state index is 0.112. The molecule has 0 spiro atoms. The van der Waals surface area contributed by atoms with Gasteiger partial charge in [-0.1, -0.05) is 30.3 Å². The van der Waals surface area contributed by atoms with Gasteiger partial charge in [-0.3, -0.25) is 4.79 Å². The lowest BCUT2D eigenvalue weighted by molar-refractivity contribution is -0.115. The van der Waals surface area contributed by atoms with Crippen LogP contribution in [-0.4, -0.2) is 18.4 Å². The van der Waals surface area contributed by atoms with Gasteiger partial charge in [0.15, 0.2) is 5.78 Å². The molecule has 1 atom stereocenters. The smallest absolute Gasteiger partial charge is 0.159 e. The fourth-order valence-electron chi connectivity index (χ4n) is 1.65. The van der Waals surface area contributed by atoms with Crippen LogP contribution in [0.3, 0.4) is 0 Å². The normalized spacial score (nSPS) is 19.5. The highest BCUT2D eigenvalue weighted by Crippen LogP contribution is 2.04.